The number of hydrogen-bond acceptors (Lipinski definition) is 5. The number of aliphatic carboxylic acids is 1. The van der Waals surface area contributed by atoms with Crippen molar-refractivity contribution in [3.63, 3.8) is 0 Å². The minimum absolute atomic E-state index is 0.0933. The van der Waals surface area contributed by atoms with Crippen molar-refractivity contribution in [1.29, 1.82) is 0 Å². The van der Waals surface area contributed by atoms with Crippen LogP contribution in [0.2, 0.25) is 0 Å². The first-order valence-corrected chi connectivity index (χ1v) is 7.97. The van der Waals surface area contributed by atoms with Crippen molar-refractivity contribution < 1.29 is 19.8 Å². The van der Waals surface area contributed by atoms with Crippen molar-refractivity contribution >= 4 is 22.8 Å². The zero-order chi connectivity index (χ0) is 18.0. The number of para-hydroxylation sites is 1. The lowest BCUT2D eigenvalue weighted by molar-refractivity contribution is -0.138. The van der Waals surface area contributed by atoms with E-state index in [0.29, 0.717) is 17.4 Å². The molecule has 0 radical (unpaired) electrons. The standard InChI is InChI=1S/C17H19N3O5/c21-11-8-19(10-16(23)24)5-6-20(9-11)17(25)13-7-15(22)18-14-4-2-1-3-12(13)14/h1-4,7,11,21H,5-6,8-10H2,(H,18,22)(H,23,24)/t11-/m0/s1. The summed E-state index contributed by atoms with van der Waals surface area (Å²) in [6.07, 6.45) is -0.848. The molecule has 0 bridgehead atoms. The Hall–Kier alpha value is -2.71. The zero-order valence-electron chi connectivity index (χ0n) is 13.5. The van der Waals surface area contributed by atoms with E-state index < -0.39 is 12.1 Å². The van der Waals surface area contributed by atoms with Gasteiger partial charge in [-0.3, -0.25) is 19.3 Å². The summed E-state index contributed by atoms with van der Waals surface area (Å²) >= 11 is 0. The average Bonchev–Trinajstić information content (AvgIpc) is 2.74. The highest BCUT2D eigenvalue weighted by Crippen LogP contribution is 2.17. The number of rotatable bonds is 3. The van der Waals surface area contributed by atoms with Gasteiger partial charge in [0.15, 0.2) is 0 Å². The summed E-state index contributed by atoms with van der Waals surface area (Å²) < 4.78 is 0. The van der Waals surface area contributed by atoms with Gasteiger partial charge in [-0.2, -0.15) is 0 Å². The van der Waals surface area contributed by atoms with Crippen LogP contribution in [0.3, 0.4) is 0 Å². The number of H-pyrrole nitrogens is 1. The van der Waals surface area contributed by atoms with Crippen LogP contribution in [0.4, 0.5) is 0 Å². The lowest BCUT2D eigenvalue weighted by Crippen LogP contribution is -2.38. The normalized spacial score (nSPS) is 18.9. The number of β-amino-alcohol motifs (C(OH)–C–C–N with tert-alkyl or cyclic N) is 1. The fourth-order valence-corrected chi connectivity index (χ4v) is 3.13. The van der Waals surface area contributed by atoms with Gasteiger partial charge in [0.1, 0.15) is 0 Å². The van der Waals surface area contributed by atoms with Crippen molar-refractivity contribution in [1.82, 2.24) is 14.8 Å². The predicted molar refractivity (Wildman–Crippen MR) is 90.6 cm³/mol. The highest BCUT2D eigenvalue weighted by Gasteiger charge is 2.27. The molecule has 1 amide bonds. The molecule has 132 valence electrons. The second-order valence-electron chi connectivity index (χ2n) is 6.13. The van der Waals surface area contributed by atoms with Gasteiger partial charge in [0.05, 0.1) is 18.2 Å². The van der Waals surface area contributed by atoms with E-state index in [1.54, 1.807) is 29.2 Å². The largest absolute Gasteiger partial charge is 0.480 e. The molecule has 2 heterocycles. The molecule has 3 N–H and O–H groups in total. The number of carbonyl (C=O) groups excluding carboxylic acids is 1. The highest BCUT2D eigenvalue weighted by molar-refractivity contribution is 6.05. The van der Waals surface area contributed by atoms with E-state index in [1.807, 2.05) is 0 Å². The molecule has 8 nitrogen and oxygen atoms in total. The van der Waals surface area contributed by atoms with Gasteiger partial charge >= 0.3 is 5.97 Å². The van der Waals surface area contributed by atoms with Crippen LogP contribution in [0.1, 0.15) is 10.4 Å². The van der Waals surface area contributed by atoms with Gasteiger partial charge in [-0.05, 0) is 6.07 Å². The van der Waals surface area contributed by atoms with Crippen LogP contribution in [0.25, 0.3) is 10.9 Å². The third-order valence-corrected chi connectivity index (χ3v) is 4.21. The highest BCUT2D eigenvalue weighted by atomic mass is 16.4. The van der Waals surface area contributed by atoms with E-state index in [2.05, 4.69) is 4.98 Å². The van der Waals surface area contributed by atoms with Gasteiger partial charge in [0, 0.05) is 43.1 Å². The van der Waals surface area contributed by atoms with Crippen LogP contribution in [0.5, 0.6) is 0 Å². The van der Waals surface area contributed by atoms with Crippen LogP contribution >= 0.6 is 0 Å². The fraction of sp³-hybridized carbons (Fsp3) is 0.353. The van der Waals surface area contributed by atoms with Crippen LogP contribution in [-0.2, 0) is 4.79 Å². The number of nitrogens with zero attached hydrogens (tertiary/aromatic N) is 2. The Labute approximate surface area is 143 Å². The molecule has 0 saturated carbocycles. The number of carbonyl (C=O) groups is 2. The van der Waals surface area contributed by atoms with Crippen molar-refractivity contribution in [2.45, 2.75) is 6.10 Å². The number of aromatic nitrogens is 1. The summed E-state index contributed by atoms with van der Waals surface area (Å²) in [5, 5.41) is 19.6. The minimum atomic E-state index is -0.979. The Morgan fingerprint density at radius 3 is 2.72 bits per heavy atom. The van der Waals surface area contributed by atoms with Crippen molar-refractivity contribution in [3.8, 4) is 0 Å². The fourth-order valence-electron chi connectivity index (χ4n) is 3.13. The summed E-state index contributed by atoms with van der Waals surface area (Å²) in [5.74, 6) is -1.33. The minimum Gasteiger partial charge on any atom is -0.480 e. The topological polar surface area (TPSA) is 114 Å². The molecule has 1 aromatic heterocycles. The smallest absolute Gasteiger partial charge is 0.317 e. The van der Waals surface area contributed by atoms with Gasteiger partial charge in [-0.25, -0.2) is 0 Å². The third kappa shape index (κ3) is 3.86. The summed E-state index contributed by atoms with van der Waals surface area (Å²) in [4.78, 5) is 41.4. The zero-order valence-corrected chi connectivity index (χ0v) is 13.5. The molecule has 3 rings (SSSR count). The second-order valence-corrected chi connectivity index (χ2v) is 6.13. The SMILES string of the molecule is O=C(O)CN1CCN(C(=O)c2cc(=O)[nH]c3ccccc23)C[C@@H](O)C1. The molecule has 1 aromatic carbocycles. The van der Waals surface area contributed by atoms with Crippen molar-refractivity contribution in [2.75, 3.05) is 32.7 Å². The number of carboxylic acids is 1. The number of nitrogens with one attached hydrogen (secondary N) is 1. The summed E-state index contributed by atoms with van der Waals surface area (Å²) in [6.45, 7) is 0.718. The number of aliphatic hydroxyl groups excluding tert-OH is 1. The first-order valence-electron chi connectivity index (χ1n) is 7.97. The second kappa shape index (κ2) is 7.04. The molecule has 1 atom stereocenters. The number of aromatic amines is 1. The van der Waals surface area contributed by atoms with E-state index >= 15 is 0 Å². The number of amides is 1. The Bertz CT molecular complexity index is 863. The maximum absolute atomic E-state index is 12.9. The quantitative estimate of drug-likeness (QED) is 0.706. The van der Waals surface area contributed by atoms with Crippen LogP contribution < -0.4 is 5.56 Å². The maximum atomic E-state index is 12.9. The van der Waals surface area contributed by atoms with Gasteiger partial charge in [0.25, 0.3) is 5.91 Å². The molecule has 0 spiro atoms. The van der Waals surface area contributed by atoms with Crippen molar-refractivity contribution in [2.24, 2.45) is 0 Å². The number of hydrogen-bond donors (Lipinski definition) is 3. The van der Waals surface area contributed by atoms with Crippen LogP contribution in [0.15, 0.2) is 35.1 Å². The number of aliphatic hydroxyl groups is 1. The number of benzene rings is 1. The molecule has 0 unspecified atom stereocenters. The van der Waals surface area contributed by atoms with E-state index in [9.17, 15) is 19.5 Å². The molecular weight excluding hydrogens is 326 g/mol. The number of fused-ring (bicyclic) bond motifs is 1. The Balaban J connectivity index is 1.88. The number of carboxylic acid groups (broad SMARTS) is 1. The van der Waals surface area contributed by atoms with E-state index in [-0.39, 0.29) is 43.2 Å². The van der Waals surface area contributed by atoms with E-state index in [1.165, 1.54) is 11.0 Å². The molecule has 0 aliphatic carbocycles. The third-order valence-electron chi connectivity index (χ3n) is 4.21. The Morgan fingerprint density at radius 1 is 1.20 bits per heavy atom. The molecule has 2 aromatic rings. The monoisotopic (exact) mass is 345 g/mol. The summed E-state index contributed by atoms with van der Waals surface area (Å²) in [6, 6.07) is 8.29. The van der Waals surface area contributed by atoms with Gasteiger partial charge in [0.2, 0.25) is 5.56 Å². The van der Waals surface area contributed by atoms with Crippen molar-refractivity contribution in [3.05, 3.63) is 46.2 Å². The van der Waals surface area contributed by atoms with Gasteiger partial charge in [-0.15, -0.1) is 0 Å². The molecule has 1 saturated heterocycles. The summed E-state index contributed by atoms with van der Waals surface area (Å²) in [7, 11) is 0. The lowest BCUT2D eigenvalue weighted by Gasteiger charge is -2.22. The lowest BCUT2D eigenvalue weighted by atomic mass is 10.1. The molecule has 25 heavy (non-hydrogen) atoms. The molecular formula is C17H19N3O5. The van der Waals surface area contributed by atoms with Crippen LogP contribution in [0, 0.1) is 0 Å². The Morgan fingerprint density at radius 2 is 1.96 bits per heavy atom. The van der Waals surface area contributed by atoms with Gasteiger partial charge in [-0.1, -0.05) is 18.2 Å². The average molecular weight is 345 g/mol. The summed E-state index contributed by atoms with van der Waals surface area (Å²) in [5.41, 5.74) is 0.476. The predicted octanol–water partition coefficient (Wildman–Crippen LogP) is -0.269. The maximum Gasteiger partial charge on any atom is 0.317 e. The first-order chi connectivity index (χ1) is 11.9. The molecule has 1 fully saturated rings. The molecule has 8 heteroatoms. The van der Waals surface area contributed by atoms with E-state index in [0.717, 1.165) is 0 Å². The van der Waals surface area contributed by atoms with E-state index in [4.69, 9.17) is 5.11 Å². The van der Waals surface area contributed by atoms with Crippen LogP contribution in [-0.4, -0.2) is 75.7 Å². The molecule has 1 aliphatic heterocycles. The van der Waals surface area contributed by atoms with Gasteiger partial charge < -0.3 is 20.1 Å². The first kappa shape index (κ1) is 17.1. The Kier molecular flexibility index (Phi) is 4.82. The molecule has 1 aliphatic rings. The number of pyridine rings is 1.